The van der Waals surface area contributed by atoms with Crippen molar-refractivity contribution in [1.82, 2.24) is 10.2 Å². The summed E-state index contributed by atoms with van der Waals surface area (Å²) < 4.78 is 58.8. The van der Waals surface area contributed by atoms with Crippen molar-refractivity contribution in [1.29, 1.82) is 0 Å². The fourth-order valence-corrected chi connectivity index (χ4v) is 2.89. The summed E-state index contributed by atoms with van der Waals surface area (Å²) in [6.45, 7) is -0.512. The normalized spacial score (nSPS) is 12.4. The first-order valence-corrected chi connectivity index (χ1v) is 9.32. The Labute approximate surface area is 139 Å². The van der Waals surface area contributed by atoms with Crippen LogP contribution in [0.4, 0.5) is 13.2 Å². The average Bonchev–Trinajstić information content (AvgIpc) is 2.40. The van der Waals surface area contributed by atoms with Crippen molar-refractivity contribution in [2.24, 2.45) is 0 Å². The van der Waals surface area contributed by atoms with Gasteiger partial charge in [-0.1, -0.05) is 12.1 Å². The van der Waals surface area contributed by atoms with E-state index in [1.165, 1.54) is 19.2 Å². The molecule has 0 heterocycles. The minimum absolute atomic E-state index is 0.0968. The third-order valence-corrected chi connectivity index (χ3v) is 3.95. The maximum absolute atomic E-state index is 12.2. The number of nitrogens with zero attached hydrogens (tertiary/aromatic N) is 1. The molecule has 0 saturated carbocycles. The molecule has 1 rings (SSSR count). The molecule has 1 amide bonds. The fourth-order valence-electron chi connectivity index (χ4n) is 2.09. The topological polar surface area (TPSA) is 66.5 Å². The molecule has 0 aromatic heterocycles. The van der Waals surface area contributed by atoms with E-state index >= 15 is 0 Å². The largest absolute Gasteiger partial charge is 0.401 e. The van der Waals surface area contributed by atoms with Gasteiger partial charge in [0.15, 0.2) is 9.84 Å². The average molecular weight is 366 g/mol. The lowest BCUT2D eigenvalue weighted by molar-refractivity contribution is -0.143. The second kappa shape index (κ2) is 8.48. The Balaban J connectivity index is 2.38. The van der Waals surface area contributed by atoms with E-state index in [0.717, 1.165) is 11.2 Å². The molecular formula is C15H21F3N2O3S. The number of benzene rings is 1. The molecule has 136 valence electrons. The zero-order valence-corrected chi connectivity index (χ0v) is 14.4. The van der Waals surface area contributed by atoms with Crippen LogP contribution in [-0.2, 0) is 15.6 Å². The number of hydrogen-bond donors (Lipinski definition) is 1. The van der Waals surface area contributed by atoms with Gasteiger partial charge in [0.1, 0.15) is 0 Å². The van der Waals surface area contributed by atoms with E-state index in [1.807, 2.05) is 0 Å². The Morgan fingerprint density at radius 3 is 2.29 bits per heavy atom. The Kier molecular flexibility index (Phi) is 7.22. The number of rotatable bonds is 8. The van der Waals surface area contributed by atoms with Crippen molar-refractivity contribution < 1.29 is 26.4 Å². The summed E-state index contributed by atoms with van der Waals surface area (Å²) in [4.78, 5) is 13.0. The first-order valence-electron chi connectivity index (χ1n) is 7.26. The van der Waals surface area contributed by atoms with Crippen LogP contribution >= 0.6 is 0 Å². The third-order valence-electron chi connectivity index (χ3n) is 3.10. The molecule has 0 atom stereocenters. The van der Waals surface area contributed by atoms with Gasteiger partial charge < -0.3 is 5.32 Å². The molecule has 0 unspecified atom stereocenters. The van der Waals surface area contributed by atoms with Gasteiger partial charge in [-0.2, -0.15) is 13.2 Å². The molecule has 1 N–H and O–H groups in total. The molecule has 5 nitrogen and oxygen atoms in total. The van der Waals surface area contributed by atoms with Crippen LogP contribution in [0.25, 0.3) is 0 Å². The molecule has 1 aromatic rings. The summed E-state index contributed by atoms with van der Waals surface area (Å²) in [7, 11) is -1.76. The van der Waals surface area contributed by atoms with Crippen molar-refractivity contribution in [3.8, 4) is 0 Å². The standard InChI is InChI=1S/C15H21F3N2O3S/c1-20(11-15(16,17)18)9-3-8-19-14(21)13-6-4-12(5-7-13)10-24(2,22)23/h4-7H,3,8-11H2,1-2H3,(H,19,21). The van der Waals surface area contributed by atoms with Crippen LogP contribution in [0.2, 0.25) is 0 Å². The molecule has 0 radical (unpaired) electrons. The highest BCUT2D eigenvalue weighted by Gasteiger charge is 2.28. The lowest BCUT2D eigenvalue weighted by Crippen LogP contribution is -2.33. The third kappa shape index (κ3) is 8.88. The Morgan fingerprint density at radius 1 is 1.21 bits per heavy atom. The number of sulfone groups is 1. The number of halogens is 3. The second-order valence-corrected chi connectivity index (χ2v) is 7.87. The number of alkyl halides is 3. The van der Waals surface area contributed by atoms with Gasteiger partial charge in [0.2, 0.25) is 0 Å². The van der Waals surface area contributed by atoms with Crippen molar-refractivity contribution in [2.45, 2.75) is 18.3 Å². The van der Waals surface area contributed by atoms with Crippen LogP contribution in [0.1, 0.15) is 22.3 Å². The van der Waals surface area contributed by atoms with Crippen LogP contribution in [0, 0.1) is 0 Å². The van der Waals surface area contributed by atoms with Gasteiger partial charge >= 0.3 is 6.18 Å². The van der Waals surface area contributed by atoms with Crippen molar-refractivity contribution in [3.05, 3.63) is 35.4 Å². The van der Waals surface area contributed by atoms with Gasteiger partial charge in [0.05, 0.1) is 12.3 Å². The highest BCUT2D eigenvalue weighted by molar-refractivity contribution is 7.89. The molecule has 0 saturated heterocycles. The lowest BCUT2D eigenvalue weighted by Gasteiger charge is -2.18. The fraction of sp³-hybridized carbons (Fsp3) is 0.533. The summed E-state index contributed by atoms with van der Waals surface area (Å²) in [5, 5.41) is 2.62. The molecule has 0 bridgehead atoms. The van der Waals surface area contributed by atoms with Crippen LogP contribution in [0.5, 0.6) is 0 Å². The minimum atomic E-state index is -4.23. The number of hydrogen-bond acceptors (Lipinski definition) is 4. The lowest BCUT2D eigenvalue weighted by atomic mass is 10.1. The summed E-state index contributed by atoms with van der Waals surface area (Å²) in [6, 6.07) is 6.16. The monoisotopic (exact) mass is 366 g/mol. The molecule has 0 aliphatic heterocycles. The quantitative estimate of drug-likeness (QED) is 0.713. The van der Waals surface area contributed by atoms with Crippen molar-refractivity contribution >= 4 is 15.7 Å². The molecule has 1 aromatic carbocycles. The van der Waals surface area contributed by atoms with Gasteiger partial charge in [0, 0.05) is 18.4 Å². The molecule has 0 fully saturated rings. The predicted molar refractivity (Wildman–Crippen MR) is 85.5 cm³/mol. The highest BCUT2D eigenvalue weighted by Crippen LogP contribution is 2.15. The summed E-state index contributed by atoms with van der Waals surface area (Å²) in [5.41, 5.74) is 0.957. The number of carbonyl (C=O) groups excluding carboxylic acids is 1. The van der Waals surface area contributed by atoms with E-state index in [4.69, 9.17) is 0 Å². The number of nitrogens with one attached hydrogen (secondary N) is 1. The zero-order chi connectivity index (χ0) is 18.4. The van der Waals surface area contributed by atoms with E-state index in [-0.39, 0.29) is 24.7 Å². The number of amides is 1. The molecule has 9 heteroatoms. The van der Waals surface area contributed by atoms with Crippen LogP contribution in [-0.4, -0.2) is 58.3 Å². The van der Waals surface area contributed by atoms with Crippen LogP contribution in [0.15, 0.2) is 24.3 Å². The van der Waals surface area contributed by atoms with Gasteiger partial charge in [-0.15, -0.1) is 0 Å². The smallest absolute Gasteiger partial charge is 0.352 e. The summed E-state index contributed by atoms with van der Waals surface area (Å²) >= 11 is 0. The Morgan fingerprint density at radius 2 is 1.79 bits per heavy atom. The van der Waals surface area contributed by atoms with E-state index < -0.39 is 22.6 Å². The first-order chi connectivity index (χ1) is 11.0. The minimum Gasteiger partial charge on any atom is -0.352 e. The maximum atomic E-state index is 12.2. The molecule has 0 aliphatic rings. The van der Waals surface area contributed by atoms with E-state index in [9.17, 15) is 26.4 Å². The van der Waals surface area contributed by atoms with Gasteiger partial charge in [0.25, 0.3) is 5.91 Å². The Bertz CT molecular complexity index is 643. The molecule has 0 aliphatic carbocycles. The van der Waals surface area contributed by atoms with Crippen LogP contribution < -0.4 is 5.32 Å². The van der Waals surface area contributed by atoms with Crippen LogP contribution in [0.3, 0.4) is 0 Å². The Hall–Kier alpha value is -1.61. The molecular weight excluding hydrogens is 345 g/mol. The number of carbonyl (C=O) groups is 1. The highest BCUT2D eigenvalue weighted by atomic mass is 32.2. The molecule has 0 spiro atoms. The predicted octanol–water partition coefficient (Wildman–Crippen LogP) is 1.85. The summed E-state index contributed by atoms with van der Waals surface area (Å²) in [5.74, 6) is -0.445. The van der Waals surface area contributed by atoms with E-state index in [0.29, 0.717) is 17.5 Å². The second-order valence-electron chi connectivity index (χ2n) is 5.73. The van der Waals surface area contributed by atoms with Gasteiger partial charge in [-0.3, -0.25) is 9.69 Å². The molecule has 24 heavy (non-hydrogen) atoms. The van der Waals surface area contributed by atoms with Crippen molar-refractivity contribution in [3.63, 3.8) is 0 Å². The van der Waals surface area contributed by atoms with Gasteiger partial charge in [-0.05, 0) is 37.7 Å². The van der Waals surface area contributed by atoms with Crippen molar-refractivity contribution in [2.75, 3.05) is 32.9 Å². The van der Waals surface area contributed by atoms with E-state index in [1.54, 1.807) is 12.1 Å². The first kappa shape index (κ1) is 20.4. The summed E-state index contributed by atoms with van der Waals surface area (Å²) in [6.07, 6.45) is -2.71. The van der Waals surface area contributed by atoms with E-state index in [2.05, 4.69) is 5.32 Å². The SMILES string of the molecule is CN(CCCNC(=O)c1ccc(CS(C)(=O)=O)cc1)CC(F)(F)F. The van der Waals surface area contributed by atoms with Gasteiger partial charge in [-0.25, -0.2) is 8.42 Å². The zero-order valence-electron chi connectivity index (χ0n) is 13.6. The maximum Gasteiger partial charge on any atom is 0.401 e.